The van der Waals surface area contributed by atoms with Crippen LogP contribution in [-0.4, -0.2) is 33.1 Å². The zero-order chi connectivity index (χ0) is 18.8. The number of aromatic nitrogens is 3. The lowest BCUT2D eigenvalue weighted by Gasteiger charge is -2.10. The van der Waals surface area contributed by atoms with Crippen LogP contribution in [0.3, 0.4) is 0 Å². The molecule has 132 valence electrons. The highest BCUT2D eigenvalue weighted by atomic mass is 16.4. The number of carbonyl (C=O) groups is 1. The number of aromatic carboxylic acids is 1. The molecule has 2 heterocycles. The van der Waals surface area contributed by atoms with Crippen LogP contribution < -0.4 is 5.32 Å². The van der Waals surface area contributed by atoms with Gasteiger partial charge in [-0.15, -0.1) is 0 Å². The third kappa shape index (κ3) is 3.20. The summed E-state index contributed by atoms with van der Waals surface area (Å²) >= 11 is 0. The average Bonchev–Trinajstić information content (AvgIpc) is 2.73. The monoisotopic (exact) mass is 356 g/mol. The quantitative estimate of drug-likeness (QED) is 0.572. The van der Waals surface area contributed by atoms with E-state index >= 15 is 0 Å². The van der Waals surface area contributed by atoms with E-state index < -0.39 is 5.97 Å². The van der Waals surface area contributed by atoms with Crippen LogP contribution in [-0.2, 0) is 0 Å². The number of hydrogen-bond donors (Lipinski definition) is 2. The number of fused-ring (bicyclic) bond motifs is 1. The van der Waals surface area contributed by atoms with Crippen molar-refractivity contribution >= 4 is 22.7 Å². The molecule has 0 unspecified atom stereocenters. The zero-order valence-electron chi connectivity index (χ0n) is 14.5. The molecule has 4 aromatic rings. The molecule has 4 rings (SSSR count). The first-order valence-electron chi connectivity index (χ1n) is 8.39. The molecule has 0 aliphatic heterocycles. The summed E-state index contributed by atoms with van der Waals surface area (Å²) in [5.41, 5.74) is 3.83. The van der Waals surface area contributed by atoms with Gasteiger partial charge in [0.2, 0.25) is 0 Å². The molecule has 0 saturated heterocycles. The molecule has 0 aliphatic rings. The van der Waals surface area contributed by atoms with E-state index in [1.54, 1.807) is 36.7 Å². The van der Waals surface area contributed by atoms with Crippen LogP contribution >= 0.6 is 0 Å². The van der Waals surface area contributed by atoms with Crippen molar-refractivity contribution in [3.05, 3.63) is 72.6 Å². The molecule has 2 aromatic heterocycles. The molecule has 6 nitrogen and oxygen atoms in total. The molecule has 27 heavy (non-hydrogen) atoms. The van der Waals surface area contributed by atoms with E-state index in [9.17, 15) is 4.79 Å². The van der Waals surface area contributed by atoms with Crippen molar-refractivity contribution in [2.75, 3.05) is 12.4 Å². The molecule has 0 saturated carbocycles. The molecule has 6 heteroatoms. The fourth-order valence-corrected chi connectivity index (χ4v) is 2.93. The van der Waals surface area contributed by atoms with Gasteiger partial charge < -0.3 is 10.4 Å². The lowest BCUT2D eigenvalue weighted by molar-refractivity contribution is 0.0697. The zero-order valence-corrected chi connectivity index (χ0v) is 14.5. The number of hydrogen-bond acceptors (Lipinski definition) is 5. The first-order valence-corrected chi connectivity index (χ1v) is 8.39. The van der Waals surface area contributed by atoms with Crippen LogP contribution in [0.25, 0.3) is 33.4 Å². The Kier molecular flexibility index (Phi) is 4.22. The Morgan fingerprint density at radius 2 is 1.74 bits per heavy atom. The van der Waals surface area contributed by atoms with Gasteiger partial charge in [-0.2, -0.15) is 0 Å². The number of carboxylic acids is 1. The third-order valence-corrected chi connectivity index (χ3v) is 4.32. The topological polar surface area (TPSA) is 88.0 Å². The van der Waals surface area contributed by atoms with Crippen molar-refractivity contribution in [3.8, 4) is 22.5 Å². The summed E-state index contributed by atoms with van der Waals surface area (Å²) < 4.78 is 0. The molecule has 0 atom stereocenters. The molecule has 0 bridgehead atoms. The Hall–Kier alpha value is -3.80. The van der Waals surface area contributed by atoms with E-state index in [0.717, 1.165) is 33.4 Å². The van der Waals surface area contributed by atoms with Crippen molar-refractivity contribution in [2.24, 2.45) is 0 Å². The fourth-order valence-electron chi connectivity index (χ4n) is 2.93. The van der Waals surface area contributed by atoms with E-state index in [2.05, 4.69) is 20.3 Å². The summed E-state index contributed by atoms with van der Waals surface area (Å²) in [5.74, 6) is 0.398. The van der Waals surface area contributed by atoms with E-state index in [1.807, 2.05) is 37.4 Å². The minimum absolute atomic E-state index is 0.264. The van der Waals surface area contributed by atoms with Gasteiger partial charge in [-0.05, 0) is 47.5 Å². The van der Waals surface area contributed by atoms with Crippen LogP contribution in [0.1, 0.15) is 10.4 Å². The highest BCUT2D eigenvalue weighted by Gasteiger charge is 2.11. The first kappa shape index (κ1) is 16.7. The second-order valence-electron chi connectivity index (χ2n) is 6.00. The van der Waals surface area contributed by atoms with Gasteiger partial charge in [0.05, 0.1) is 11.1 Å². The molecular weight excluding hydrogens is 340 g/mol. The number of nitrogens with zero attached hydrogens (tertiary/aromatic N) is 3. The Bertz CT molecular complexity index is 1130. The second kappa shape index (κ2) is 6.84. The number of nitrogens with one attached hydrogen (secondary N) is 1. The van der Waals surface area contributed by atoms with E-state index in [0.29, 0.717) is 5.82 Å². The number of carboxylic acid groups (broad SMARTS) is 1. The van der Waals surface area contributed by atoms with Crippen LogP contribution in [0.4, 0.5) is 5.82 Å². The van der Waals surface area contributed by atoms with Crippen molar-refractivity contribution < 1.29 is 9.90 Å². The highest BCUT2D eigenvalue weighted by Crippen LogP contribution is 2.29. The Labute approximate surface area is 155 Å². The second-order valence-corrected chi connectivity index (χ2v) is 6.00. The Balaban J connectivity index is 1.81. The molecule has 0 radical (unpaired) electrons. The van der Waals surface area contributed by atoms with Gasteiger partial charge in [-0.1, -0.05) is 18.2 Å². The summed E-state index contributed by atoms with van der Waals surface area (Å²) in [5, 5.41) is 13.1. The lowest BCUT2D eigenvalue weighted by Crippen LogP contribution is -1.99. The molecule has 0 spiro atoms. The predicted octanol–water partition coefficient (Wildman–Crippen LogP) is 4.10. The van der Waals surface area contributed by atoms with Crippen molar-refractivity contribution in [3.63, 3.8) is 0 Å². The van der Waals surface area contributed by atoms with Gasteiger partial charge in [-0.25, -0.2) is 14.8 Å². The molecular formula is C21H16N4O2. The Morgan fingerprint density at radius 1 is 0.963 bits per heavy atom. The number of rotatable bonds is 4. The van der Waals surface area contributed by atoms with Crippen LogP contribution in [0.15, 0.2) is 67.0 Å². The minimum Gasteiger partial charge on any atom is -0.478 e. The Morgan fingerprint density at radius 3 is 2.41 bits per heavy atom. The molecule has 0 fully saturated rings. The van der Waals surface area contributed by atoms with E-state index in [1.165, 1.54) is 0 Å². The smallest absolute Gasteiger partial charge is 0.335 e. The maximum absolute atomic E-state index is 11.0. The molecule has 0 aliphatic carbocycles. The van der Waals surface area contributed by atoms with Crippen molar-refractivity contribution in [1.82, 2.24) is 15.0 Å². The summed E-state index contributed by atoms with van der Waals surface area (Å²) in [4.78, 5) is 24.4. The maximum atomic E-state index is 11.0. The van der Waals surface area contributed by atoms with Gasteiger partial charge >= 0.3 is 5.97 Å². The van der Waals surface area contributed by atoms with Gasteiger partial charge in [-0.3, -0.25) is 4.98 Å². The first-order chi connectivity index (χ1) is 13.2. The summed E-state index contributed by atoms with van der Waals surface area (Å²) in [6, 6.07) is 16.5. The van der Waals surface area contributed by atoms with Crippen LogP contribution in [0.2, 0.25) is 0 Å². The lowest BCUT2D eigenvalue weighted by atomic mass is 10.0. The average molecular weight is 356 g/mol. The largest absolute Gasteiger partial charge is 0.478 e. The molecule has 2 N–H and O–H groups in total. The summed E-state index contributed by atoms with van der Waals surface area (Å²) in [6.45, 7) is 0. The van der Waals surface area contributed by atoms with Crippen LogP contribution in [0.5, 0.6) is 0 Å². The maximum Gasteiger partial charge on any atom is 0.335 e. The number of pyridine rings is 1. The van der Waals surface area contributed by atoms with Gasteiger partial charge in [0.1, 0.15) is 5.82 Å². The standard InChI is InChI=1S/C21H16N4O2/c1-22-20-17-11-15(13-4-6-14(7-5-13)21(26)27)8-9-18(17)24-19(25-20)16-3-2-10-23-12-16/h2-12H,1H3,(H,26,27)(H,22,24,25). The van der Waals surface area contributed by atoms with Crippen molar-refractivity contribution in [2.45, 2.75) is 0 Å². The molecule has 0 amide bonds. The van der Waals surface area contributed by atoms with Crippen LogP contribution in [0, 0.1) is 0 Å². The van der Waals surface area contributed by atoms with Gasteiger partial charge in [0.25, 0.3) is 0 Å². The predicted molar refractivity (Wildman–Crippen MR) is 105 cm³/mol. The highest BCUT2D eigenvalue weighted by molar-refractivity contribution is 5.94. The summed E-state index contributed by atoms with van der Waals surface area (Å²) in [6.07, 6.45) is 3.45. The SMILES string of the molecule is CNc1nc(-c2cccnc2)nc2ccc(-c3ccc(C(=O)O)cc3)cc12. The molecule has 2 aromatic carbocycles. The normalized spacial score (nSPS) is 10.7. The minimum atomic E-state index is -0.936. The fraction of sp³-hybridized carbons (Fsp3) is 0.0476. The van der Waals surface area contributed by atoms with Gasteiger partial charge in [0, 0.05) is 30.4 Å². The summed E-state index contributed by atoms with van der Waals surface area (Å²) in [7, 11) is 1.82. The van der Waals surface area contributed by atoms with E-state index in [-0.39, 0.29) is 5.56 Å². The number of benzene rings is 2. The van der Waals surface area contributed by atoms with E-state index in [4.69, 9.17) is 5.11 Å². The van der Waals surface area contributed by atoms with Gasteiger partial charge in [0.15, 0.2) is 5.82 Å². The number of anilines is 1. The third-order valence-electron chi connectivity index (χ3n) is 4.32. The van der Waals surface area contributed by atoms with Crippen molar-refractivity contribution in [1.29, 1.82) is 0 Å².